The van der Waals surface area contributed by atoms with Gasteiger partial charge in [0.2, 0.25) is 0 Å². The predicted molar refractivity (Wildman–Crippen MR) is 91.8 cm³/mol. The highest BCUT2D eigenvalue weighted by Crippen LogP contribution is 2.28. The van der Waals surface area contributed by atoms with Crippen LogP contribution in [0.5, 0.6) is 11.5 Å². The van der Waals surface area contributed by atoms with Crippen molar-refractivity contribution in [2.45, 2.75) is 19.4 Å². The average molecular weight is 349 g/mol. The van der Waals surface area contributed by atoms with Gasteiger partial charge in [0.05, 0.1) is 32.8 Å². The molecular formula is C18H23NO6. The molecule has 136 valence electrons. The molecule has 1 aromatic carbocycles. The number of carbonyl (C=O) groups is 2. The standard InChI is InChI=1S/C18H23NO6/c1-3-4-13-5-6-15(16(9-13)23-2)25-12-17(20)19-7-8-24-11-14(19)10-18(21)22/h3-6,9,14H,7-8,10-12H2,1-2H3,(H,21,22)/b4-3+. The van der Waals surface area contributed by atoms with Crippen LogP contribution in [0.4, 0.5) is 0 Å². The molecule has 1 aliphatic rings. The second-order valence-corrected chi connectivity index (χ2v) is 5.61. The van der Waals surface area contributed by atoms with Gasteiger partial charge in [0.1, 0.15) is 0 Å². The molecule has 1 unspecified atom stereocenters. The normalized spacial score (nSPS) is 17.5. The van der Waals surface area contributed by atoms with Gasteiger partial charge in [-0.1, -0.05) is 18.2 Å². The van der Waals surface area contributed by atoms with Crippen LogP contribution in [-0.4, -0.2) is 61.4 Å². The summed E-state index contributed by atoms with van der Waals surface area (Å²) in [5.41, 5.74) is 0.965. The largest absolute Gasteiger partial charge is 0.493 e. The molecule has 0 radical (unpaired) electrons. The van der Waals surface area contributed by atoms with E-state index in [1.165, 1.54) is 12.0 Å². The SMILES string of the molecule is C/C=C/c1ccc(OCC(=O)N2CCOCC2CC(=O)O)c(OC)c1. The maximum absolute atomic E-state index is 12.4. The monoisotopic (exact) mass is 349 g/mol. The van der Waals surface area contributed by atoms with E-state index < -0.39 is 12.0 Å². The van der Waals surface area contributed by atoms with Crippen LogP contribution in [0.25, 0.3) is 6.08 Å². The molecular weight excluding hydrogens is 326 g/mol. The lowest BCUT2D eigenvalue weighted by molar-refractivity contribution is -0.147. The Morgan fingerprint density at radius 3 is 2.88 bits per heavy atom. The number of hydrogen-bond donors (Lipinski definition) is 1. The summed E-state index contributed by atoms with van der Waals surface area (Å²) in [4.78, 5) is 24.9. The van der Waals surface area contributed by atoms with Crippen molar-refractivity contribution in [1.29, 1.82) is 0 Å². The third-order valence-electron chi connectivity index (χ3n) is 3.86. The molecule has 25 heavy (non-hydrogen) atoms. The first-order valence-electron chi connectivity index (χ1n) is 8.07. The zero-order chi connectivity index (χ0) is 18.2. The molecule has 0 spiro atoms. The number of carboxylic acid groups (broad SMARTS) is 1. The van der Waals surface area contributed by atoms with Crippen LogP contribution in [0.3, 0.4) is 0 Å². The van der Waals surface area contributed by atoms with E-state index in [1.807, 2.05) is 31.2 Å². The molecule has 1 atom stereocenters. The van der Waals surface area contributed by atoms with E-state index in [-0.39, 0.29) is 25.5 Å². The molecule has 0 saturated carbocycles. The van der Waals surface area contributed by atoms with Crippen LogP contribution < -0.4 is 9.47 Å². The van der Waals surface area contributed by atoms with Gasteiger partial charge < -0.3 is 24.2 Å². The van der Waals surface area contributed by atoms with E-state index in [1.54, 1.807) is 6.07 Å². The highest BCUT2D eigenvalue weighted by molar-refractivity contribution is 5.79. The topological polar surface area (TPSA) is 85.3 Å². The summed E-state index contributed by atoms with van der Waals surface area (Å²) in [5.74, 6) is -0.232. The van der Waals surface area contributed by atoms with E-state index in [0.717, 1.165) is 5.56 Å². The highest BCUT2D eigenvalue weighted by atomic mass is 16.5. The molecule has 1 N–H and O–H groups in total. The number of rotatable bonds is 7. The minimum Gasteiger partial charge on any atom is -0.493 e. The van der Waals surface area contributed by atoms with Crippen molar-refractivity contribution >= 4 is 18.0 Å². The van der Waals surface area contributed by atoms with Gasteiger partial charge in [-0.3, -0.25) is 9.59 Å². The molecule has 1 aromatic rings. The van der Waals surface area contributed by atoms with Crippen LogP contribution >= 0.6 is 0 Å². The van der Waals surface area contributed by atoms with E-state index >= 15 is 0 Å². The Labute approximate surface area is 146 Å². The van der Waals surface area contributed by atoms with Gasteiger partial charge in [0, 0.05) is 6.54 Å². The molecule has 1 heterocycles. The predicted octanol–water partition coefficient (Wildman–Crippen LogP) is 1.81. The fourth-order valence-corrected chi connectivity index (χ4v) is 2.68. The Hall–Kier alpha value is -2.54. The number of allylic oxidation sites excluding steroid dienone is 1. The lowest BCUT2D eigenvalue weighted by Gasteiger charge is -2.34. The summed E-state index contributed by atoms with van der Waals surface area (Å²) in [6, 6.07) is 4.96. The number of hydrogen-bond acceptors (Lipinski definition) is 5. The summed E-state index contributed by atoms with van der Waals surface area (Å²) in [5, 5.41) is 8.96. The quantitative estimate of drug-likeness (QED) is 0.808. The van der Waals surface area contributed by atoms with Crippen LogP contribution in [0.1, 0.15) is 18.9 Å². The van der Waals surface area contributed by atoms with Crippen LogP contribution in [0.2, 0.25) is 0 Å². The van der Waals surface area contributed by atoms with Crippen molar-refractivity contribution in [3.05, 3.63) is 29.8 Å². The number of methoxy groups -OCH3 is 1. The zero-order valence-electron chi connectivity index (χ0n) is 14.4. The Balaban J connectivity index is 2.02. The van der Waals surface area contributed by atoms with Crippen molar-refractivity contribution in [3.63, 3.8) is 0 Å². The lowest BCUT2D eigenvalue weighted by Crippen LogP contribution is -2.51. The van der Waals surface area contributed by atoms with E-state index in [2.05, 4.69) is 0 Å². The maximum Gasteiger partial charge on any atom is 0.305 e. The van der Waals surface area contributed by atoms with Gasteiger partial charge in [-0.15, -0.1) is 0 Å². The average Bonchev–Trinajstić information content (AvgIpc) is 2.60. The molecule has 1 fully saturated rings. The first kappa shape index (κ1) is 18.8. The Morgan fingerprint density at radius 2 is 2.20 bits per heavy atom. The number of morpholine rings is 1. The molecule has 2 rings (SSSR count). The number of carbonyl (C=O) groups excluding carboxylic acids is 1. The number of amides is 1. The molecule has 0 bridgehead atoms. The fourth-order valence-electron chi connectivity index (χ4n) is 2.68. The van der Waals surface area contributed by atoms with Gasteiger partial charge >= 0.3 is 5.97 Å². The molecule has 7 nitrogen and oxygen atoms in total. The third-order valence-corrected chi connectivity index (χ3v) is 3.86. The summed E-state index contributed by atoms with van der Waals surface area (Å²) in [6.07, 6.45) is 3.70. The van der Waals surface area contributed by atoms with Crippen LogP contribution in [0, 0.1) is 0 Å². The van der Waals surface area contributed by atoms with Gasteiger partial charge in [0.25, 0.3) is 5.91 Å². The molecule has 1 amide bonds. The Morgan fingerprint density at radius 1 is 1.40 bits per heavy atom. The smallest absolute Gasteiger partial charge is 0.305 e. The number of benzene rings is 1. The van der Waals surface area contributed by atoms with Gasteiger partial charge in [-0.2, -0.15) is 0 Å². The minimum atomic E-state index is -0.963. The van der Waals surface area contributed by atoms with Crippen molar-refractivity contribution < 1.29 is 28.9 Å². The van der Waals surface area contributed by atoms with Crippen molar-refractivity contribution in [1.82, 2.24) is 4.90 Å². The number of ether oxygens (including phenoxy) is 3. The first-order valence-corrected chi connectivity index (χ1v) is 8.07. The number of aliphatic carboxylic acids is 1. The first-order chi connectivity index (χ1) is 12.0. The summed E-state index contributed by atoms with van der Waals surface area (Å²) < 4.78 is 16.2. The third kappa shape index (κ3) is 5.22. The van der Waals surface area contributed by atoms with Crippen molar-refractivity contribution in [2.24, 2.45) is 0 Å². The molecule has 1 saturated heterocycles. The summed E-state index contributed by atoms with van der Waals surface area (Å²) in [6.45, 7) is 2.71. The minimum absolute atomic E-state index is 0.146. The van der Waals surface area contributed by atoms with Crippen LogP contribution in [0.15, 0.2) is 24.3 Å². The van der Waals surface area contributed by atoms with Crippen molar-refractivity contribution in [2.75, 3.05) is 33.5 Å². The number of nitrogens with zero attached hydrogens (tertiary/aromatic N) is 1. The van der Waals surface area contributed by atoms with Gasteiger partial charge in [-0.05, 0) is 24.6 Å². The van der Waals surface area contributed by atoms with E-state index in [9.17, 15) is 9.59 Å². The van der Waals surface area contributed by atoms with Crippen LogP contribution in [-0.2, 0) is 14.3 Å². The van der Waals surface area contributed by atoms with E-state index in [0.29, 0.717) is 24.7 Å². The summed E-state index contributed by atoms with van der Waals surface area (Å²) in [7, 11) is 1.54. The lowest BCUT2D eigenvalue weighted by atomic mass is 10.1. The molecule has 0 aromatic heterocycles. The molecule has 7 heteroatoms. The summed E-state index contributed by atoms with van der Waals surface area (Å²) >= 11 is 0. The zero-order valence-corrected chi connectivity index (χ0v) is 14.4. The molecule has 0 aliphatic carbocycles. The van der Waals surface area contributed by atoms with Gasteiger partial charge in [0.15, 0.2) is 18.1 Å². The Bertz CT molecular complexity index is 642. The van der Waals surface area contributed by atoms with E-state index in [4.69, 9.17) is 19.3 Å². The maximum atomic E-state index is 12.4. The fraction of sp³-hybridized carbons (Fsp3) is 0.444. The molecule has 1 aliphatic heterocycles. The van der Waals surface area contributed by atoms with Gasteiger partial charge in [-0.25, -0.2) is 0 Å². The Kier molecular flexibility index (Phi) is 6.82. The second kappa shape index (κ2) is 9.08. The highest BCUT2D eigenvalue weighted by Gasteiger charge is 2.29. The van der Waals surface area contributed by atoms with Crippen molar-refractivity contribution in [3.8, 4) is 11.5 Å². The number of carboxylic acids is 1. The second-order valence-electron chi connectivity index (χ2n) is 5.61.